The van der Waals surface area contributed by atoms with Crippen LogP contribution >= 0.6 is 9.24 Å². The lowest BCUT2D eigenvalue weighted by atomic mass is 9.95. The van der Waals surface area contributed by atoms with Crippen molar-refractivity contribution in [2.24, 2.45) is 5.41 Å². The van der Waals surface area contributed by atoms with E-state index >= 15 is 0 Å². The Kier molecular flexibility index (Phi) is 2.14. The molecule has 0 aromatic rings. The molecule has 1 saturated heterocycles. The number of carbonyl (C=O) groups is 1. The normalized spacial score (nSPS) is 23.2. The van der Waals surface area contributed by atoms with Crippen LogP contribution in [0.2, 0.25) is 0 Å². The number of rotatable bonds is 1. The maximum atomic E-state index is 10.4. The minimum absolute atomic E-state index is 0.00141. The van der Waals surface area contributed by atoms with Gasteiger partial charge >= 0.3 is 6.16 Å². The average Bonchev–Trinajstić information content (AvgIpc) is 1.96. The molecule has 0 spiro atoms. The number of hydrogen-bond acceptors (Lipinski definition) is 3. The summed E-state index contributed by atoms with van der Waals surface area (Å²) in [6, 6.07) is 0. The van der Waals surface area contributed by atoms with Crippen LogP contribution in [0.3, 0.4) is 0 Å². The first kappa shape index (κ1) is 7.80. The van der Waals surface area contributed by atoms with Crippen molar-refractivity contribution in [1.29, 1.82) is 0 Å². The monoisotopic (exact) mass is 162 g/mol. The molecular weight excluding hydrogens is 151 g/mol. The summed E-state index contributed by atoms with van der Waals surface area (Å²) in [5, 5.41) is 0. The van der Waals surface area contributed by atoms with Gasteiger partial charge in [0, 0.05) is 5.41 Å². The number of carbonyl (C=O) groups excluding carboxylic acids is 1. The van der Waals surface area contributed by atoms with Gasteiger partial charge in [-0.3, -0.25) is 0 Å². The van der Waals surface area contributed by atoms with Crippen LogP contribution in [0, 0.1) is 5.41 Å². The Labute approximate surface area is 62.3 Å². The highest BCUT2D eigenvalue weighted by molar-refractivity contribution is 7.16. The Morgan fingerprint density at radius 3 is 2.50 bits per heavy atom. The van der Waals surface area contributed by atoms with E-state index in [1.165, 1.54) is 0 Å². The van der Waals surface area contributed by atoms with Gasteiger partial charge in [-0.25, -0.2) is 4.79 Å². The smallest absolute Gasteiger partial charge is 0.434 e. The zero-order valence-electron chi connectivity index (χ0n) is 5.92. The number of cyclic esters (lactones) is 2. The average molecular weight is 162 g/mol. The Bertz CT molecular complexity index is 136. The lowest BCUT2D eigenvalue weighted by Crippen LogP contribution is -2.38. The number of hydrogen-bond donors (Lipinski definition) is 0. The van der Waals surface area contributed by atoms with Crippen molar-refractivity contribution in [3.05, 3.63) is 0 Å². The van der Waals surface area contributed by atoms with E-state index < -0.39 is 6.16 Å². The van der Waals surface area contributed by atoms with Gasteiger partial charge in [-0.2, -0.15) is 0 Å². The highest BCUT2D eigenvalue weighted by atomic mass is 31.0. The zero-order valence-corrected chi connectivity index (χ0v) is 7.08. The first-order chi connectivity index (χ1) is 4.66. The molecule has 0 saturated carbocycles. The fraction of sp³-hybridized carbons (Fsp3) is 0.833. The second kappa shape index (κ2) is 2.75. The fourth-order valence-electron chi connectivity index (χ4n) is 0.667. The van der Waals surface area contributed by atoms with Crippen molar-refractivity contribution in [1.82, 2.24) is 0 Å². The summed E-state index contributed by atoms with van der Waals surface area (Å²) in [5.74, 6) is 0. The van der Waals surface area contributed by atoms with Crippen molar-refractivity contribution < 1.29 is 14.3 Å². The molecular formula is C6H11O3P. The van der Waals surface area contributed by atoms with E-state index in [9.17, 15) is 4.79 Å². The summed E-state index contributed by atoms with van der Waals surface area (Å²) in [7, 11) is 2.62. The van der Waals surface area contributed by atoms with E-state index in [0.29, 0.717) is 13.2 Å². The minimum atomic E-state index is -0.545. The third-order valence-corrected chi connectivity index (χ3v) is 2.56. The van der Waals surface area contributed by atoms with Crippen LogP contribution in [-0.2, 0) is 9.47 Å². The van der Waals surface area contributed by atoms with Crippen LogP contribution in [0.25, 0.3) is 0 Å². The highest BCUT2D eigenvalue weighted by Crippen LogP contribution is 2.24. The Morgan fingerprint density at radius 1 is 1.60 bits per heavy atom. The first-order valence-corrected chi connectivity index (χ1v) is 3.98. The molecule has 1 unspecified atom stereocenters. The maximum absolute atomic E-state index is 10.4. The van der Waals surface area contributed by atoms with Crippen molar-refractivity contribution in [3.63, 3.8) is 0 Å². The lowest BCUT2D eigenvalue weighted by molar-refractivity contribution is -0.0425. The third kappa shape index (κ3) is 1.60. The summed E-state index contributed by atoms with van der Waals surface area (Å²) in [6.07, 6.45) is 0.344. The Hall–Kier alpha value is -0.300. The Balaban J connectivity index is 2.46. The molecule has 0 aromatic heterocycles. The predicted molar refractivity (Wildman–Crippen MR) is 40.0 cm³/mol. The van der Waals surface area contributed by atoms with Crippen LogP contribution in [0.15, 0.2) is 0 Å². The molecule has 0 aromatic carbocycles. The second-order valence-electron chi connectivity index (χ2n) is 2.84. The third-order valence-electron chi connectivity index (χ3n) is 1.57. The molecule has 1 heterocycles. The molecule has 1 rings (SSSR count). The van der Waals surface area contributed by atoms with Gasteiger partial charge in [0.15, 0.2) is 0 Å². The standard InChI is InChI=1S/C6H11O3P/c1-6(4-10)2-8-5(7)9-3-6/h2-4,10H2,1H3. The van der Waals surface area contributed by atoms with Crippen LogP contribution in [-0.4, -0.2) is 25.5 Å². The van der Waals surface area contributed by atoms with Crippen molar-refractivity contribution in [2.45, 2.75) is 6.92 Å². The molecule has 0 radical (unpaired) electrons. The summed E-state index contributed by atoms with van der Waals surface area (Å²) >= 11 is 0. The molecule has 1 fully saturated rings. The lowest BCUT2D eigenvalue weighted by Gasteiger charge is -2.30. The molecule has 0 aliphatic carbocycles. The summed E-state index contributed by atoms with van der Waals surface area (Å²) in [5.41, 5.74) is -0.00141. The van der Waals surface area contributed by atoms with E-state index in [4.69, 9.17) is 9.47 Å². The molecule has 58 valence electrons. The topological polar surface area (TPSA) is 35.5 Å². The van der Waals surface area contributed by atoms with Gasteiger partial charge in [0.2, 0.25) is 0 Å². The maximum Gasteiger partial charge on any atom is 0.508 e. The van der Waals surface area contributed by atoms with Crippen LogP contribution in [0.5, 0.6) is 0 Å². The van der Waals surface area contributed by atoms with Crippen molar-refractivity contribution >= 4 is 15.4 Å². The van der Waals surface area contributed by atoms with Gasteiger partial charge in [-0.1, -0.05) is 6.92 Å². The molecule has 1 aliphatic rings. The van der Waals surface area contributed by atoms with Crippen molar-refractivity contribution in [3.8, 4) is 0 Å². The van der Waals surface area contributed by atoms with Gasteiger partial charge in [0.25, 0.3) is 0 Å². The van der Waals surface area contributed by atoms with E-state index in [2.05, 4.69) is 9.24 Å². The van der Waals surface area contributed by atoms with Gasteiger partial charge < -0.3 is 9.47 Å². The van der Waals surface area contributed by atoms with Crippen molar-refractivity contribution in [2.75, 3.05) is 19.4 Å². The van der Waals surface area contributed by atoms with E-state index in [1.807, 2.05) is 6.92 Å². The van der Waals surface area contributed by atoms with Gasteiger partial charge in [-0.05, 0) is 6.16 Å². The molecule has 0 amide bonds. The molecule has 0 N–H and O–H groups in total. The molecule has 3 nitrogen and oxygen atoms in total. The van der Waals surface area contributed by atoms with Gasteiger partial charge in [0.1, 0.15) is 13.2 Å². The highest BCUT2D eigenvalue weighted by Gasteiger charge is 2.31. The summed E-state index contributed by atoms with van der Waals surface area (Å²) in [6.45, 7) is 2.96. The molecule has 10 heavy (non-hydrogen) atoms. The number of ether oxygens (including phenoxy) is 2. The molecule has 0 bridgehead atoms. The fourth-order valence-corrected chi connectivity index (χ4v) is 0.903. The molecule has 1 aliphatic heterocycles. The zero-order chi connectivity index (χ0) is 7.61. The van der Waals surface area contributed by atoms with Crippen LogP contribution in [0.1, 0.15) is 6.92 Å². The predicted octanol–water partition coefficient (Wildman–Crippen LogP) is 1.03. The first-order valence-electron chi connectivity index (χ1n) is 3.16. The SMILES string of the molecule is CC1(CP)COC(=O)OC1. The van der Waals surface area contributed by atoms with Gasteiger partial charge in [0.05, 0.1) is 0 Å². The van der Waals surface area contributed by atoms with Crippen LogP contribution < -0.4 is 0 Å². The Morgan fingerprint density at radius 2 is 2.10 bits per heavy atom. The van der Waals surface area contributed by atoms with Gasteiger partial charge in [-0.15, -0.1) is 9.24 Å². The summed E-state index contributed by atoms with van der Waals surface area (Å²) < 4.78 is 9.42. The minimum Gasteiger partial charge on any atom is -0.434 e. The van der Waals surface area contributed by atoms with Crippen LogP contribution in [0.4, 0.5) is 4.79 Å². The van der Waals surface area contributed by atoms with E-state index in [1.54, 1.807) is 0 Å². The second-order valence-corrected chi connectivity index (χ2v) is 3.25. The quantitative estimate of drug-likeness (QED) is 0.426. The van der Waals surface area contributed by atoms with E-state index in [-0.39, 0.29) is 5.41 Å². The molecule has 1 atom stereocenters. The largest absolute Gasteiger partial charge is 0.508 e. The summed E-state index contributed by atoms with van der Waals surface area (Å²) in [4.78, 5) is 10.4. The molecule has 4 heteroatoms. The van der Waals surface area contributed by atoms with E-state index in [0.717, 1.165) is 6.16 Å².